The first-order chi connectivity index (χ1) is 5.77. The van der Waals surface area contributed by atoms with Gasteiger partial charge in [-0.1, -0.05) is 0 Å². The van der Waals surface area contributed by atoms with Gasteiger partial charge in [-0.25, -0.2) is 0 Å². The molecule has 2 heterocycles. The molecule has 12 heavy (non-hydrogen) atoms. The summed E-state index contributed by atoms with van der Waals surface area (Å²) < 4.78 is 6.64. The number of nitrogens with one attached hydrogen (secondary N) is 1. The van der Waals surface area contributed by atoms with Crippen molar-refractivity contribution in [2.45, 2.75) is 25.9 Å². The lowest BCUT2D eigenvalue weighted by Gasteiger charge is -2.06. The summed E-state index contributed by atoms with van der Waals surface area (Å²) in [5, 5.41) is 7.24. The largest absolute Gasteiger partial charge is 0.378 e. The number of aromatic nitrogens is 2. The molecule has 1 aliphatic rings. The van der Waals surface area contributed by atoms with Gasteiger partial charge in [-0.15, -0.1) is 0 Å². The van der Waals surface area contributed by atoms with E-state index in [-0.39, 0.29) is 0 Å². The van der Waals surface area contributed by atoms with E-state index in [2.05, 4.69) is 39.7 Å². The third-order valence-electron chi connectivity index (χ3n) is 2.15. The molecular weight excluding hydrogens is 267 g/mol. The number of halogens is 1. The van der Waals surface area contributed by atoms with Crippen LogP contribution in [-0.4, -0.2) is 22.9 Å². The topological polar surface area (TPSA) is 37.9 Å². The number of ether oxygens (including phenoxy) is 1. The Morgan fingerprint density at radius 3 is 3.33 bits per heavy atom. The Kier molecular flexibility index (Phi) is 2.36. The van der Waals surface area contributed by atoms with E-state index in [1.54, 1.807) is 0 Å². The number of nitrogens with zero attached hydrogens (tertiary/aromatic N) is 1. The highest BCUT2D eigenvalue weighted by Crippen LogP contribution is 2.19. The molecule has 1 atom stereocenters. The third-order valence-corrected chi connectivity index (χ3v) is 3.04. The maximum Gasteiger partial charge on any atom is 0.126 e. The Bertz CT molecular complexity index is 285. The fourth-order valence-electron chi connectivity index (χ4n) is 1.51. The van der Waals surface area contributed by atoms with Crippen molar-refractivity contribution in [3.05, 3.63) is 15.0 Å². The number of fused-ring (bicyclic) bond motifs is 1. The van der Waals surface area contributed by atoms with Gasteiger partial charge in [-0.2, -0.15) is 5.10 Å². The van der Waals surface area contributed by atoms with Gasteiger partial charge in [0.05, 0.1) is 12.7 Å². The van der Waals surface area contributed by atoms with Gasteiger partial charge in [-0.05, 0) is 29.5 Å². The first kappa shape index (κ1) is 8.50. The standard InChI is InChI=1S/C8H11IN2O/c1-5-4-7-6(2-3-12-5)8(9)11-10-7/h5H,2-4H2,1H3,(H,10,11)/t5-/m0/s1. The Morgan fingerprint density at radius 1 is 1.67 bits per heavy atom. The van der Waals surface area contributed by atoms with Crippen LogP contribution in [0.25, 0.3) is 0 Å². The summed E-state index contributed by atoms with van der Waals surface area (Å²) in [6, 6.07) is 0. The Morgan fingerprint density at radius 2 is 2.50 bits per heavy atom. The van der Waals surface area contributed by atoms with E-state index in [0.717, 1.165) is 23.1 Å². The number of hydrogen-bond donors (Lipinski definition) is 1. The van der Waals surface area contributed by atoms with Crippen molar-refractivity contribution in [2.24, 2.45) is 0 Å². The molecule has 0 saturated heterocycles. The number of aromatic amines is 1. The van der Waals surface area contributed by atoms with Gasteiger partial charge in [0.25, 0.3) is 0 Å². The average Bonchev–Trinajstić information content (AvgIpc) is 2.31. The van der Waals surface area contributed by atoms with Crippen molar-refractivity contribution < 1.29 is 4.74 Å². The van der Waals surface area contributed by atoms with Crippen LogP contribution in [0.2, 0.25) is 0 Å². The van der Waals surface area contributed by atoms with Gasteiger partial charge in [0, 0.05) is 24.1 Å². The minimum absolute atomic E-state index is 0.322. The maximum absolute atomic E-state index is 5.55. The quantitative estimate of drug-likeness (QED) is 0.731. The second kappa shape index (κ2) is 3.33. The predicted octanol–water partition coefficient (Wildman–Crippen LogP) is 1.52. The molecule has 1 aromatic rings. The van der Waals surface area contributed by atoms with Crippen molar-refractivity contribution in [1.29, 1.82) is 0 Å². The second-order valence-corrected chi connectivity index (χ2v) is 4.13. The number of rotatable bonds is 0. The van der Waals surface area contributed by atoms with Crippen LogP contribution in [0.5, 0.6) is 0 Å². The summed E-state index contributed by atoms with van der Waals surface area (Å²) >= 11 is 2.26. The molecule has 1 N–H and O–H groups in total. The van der Waals surface area contributed by atoms with E-state index >= 15 is 0 Å². The molecule has 4 heteroatoms. The van der Waals surface area contributed by atoms with E-state index < -0.39 is 0 Å². The van der Waals surface area contributed by atoms with Crippen molar-refractivity contribution >= 4 is 22.6 Å². The molecule has 0 saturated carbocycles. The first-order valence-electron chi connectivity index (χ1n) is 4.10. The normalized spacial score (nSPS) is 23.3. The van der Waals surface area contributed by atoms with Crippen LogP contribution in [0, 0.1) is 3.70 Å². The van der Waals surface area contributed by atoms with Gasteiger partial charge in [0.1, 0.15) is 3.70 Å². The lowest BCUT2D eigenvalue weighted by Crippen LogP contribution is -2.09. The zero-order chi connectivity index (χ0) is 8.55. The van der Waals surface area contributed by atoms with Gasteiger partial charge in [-0.3, -0.25) is 5.10 Å². The highest BCUT2D eigenvalue weighted by atomic mass is 127. The minimum atomic E-state index is 0.322. The summed E-state index contributed by atoms with van der Waals surface area (Å²) in [5.41, 5.74) is 2.60. The summed E-state index contributed by atoms with van der Waals surface area (Å²) in [6.07, 6.45) is 2.28. The van der Waals surface area contributed by atoms with Gasteiger partial charge < -0.3 is 4.74 Å². The zero-order valence-corrected chi connectivity index (χ0v) is 9.09. The van der Waals surface area contributed by atoms with Gasteiger partial charge in [0.2, 0.25) is 0 Å². The molecule has 0 radical (unpaired) electrons. The molecule has 2 rings (SSSR count). The number of hydrogen-bond acceptors (Lipinski definition) is 2. The van der Waals surface area contributed by atoms with Gasteiger partial charge in [0.15, 0.2) is 0 Å². The third kappa shape index (κ3) is 1.50. The van der Waals surface area contributed by atoms with E-state index in [9.17, 15) is 0 Å². The van der Waals surface area contributed by atoms with Crippen molar-refractivity contribution in [2.75, 3.05) is 6.61 Å². The first-order valence-corrected chi connectivity index (χ1v) is 5.18. The summed E-state index contributed by atoms with van der Waals surface area (Å²) in [5.74, 6) is 0. The fraction of sp³-hybridized carbons (Fsp3) is 0.625. The molecule has 66 valence electrons. The van der Waals surface area contributed by atoms with E-state index in [0.29, 0.717) is 6.10 Å². The van der Waals surface area contributed by atoms with Crippen molar-refractivity contribution in [3.8, 4) is 0 Å². The SMILES string of the molecule is C[C@H]1Cc2[nH]nc(I)c2CCO1. The van der Waals surface area contributed by atoms with Crippen LogP contribution < -0.4 is 0 Å². The molecule has 0 aliphatic carbocycles. The van der Waals surface area contributed by atoms with Crippen molar-refractivity contribution in [3.63, 3.8) is 0 Å². The lowest BCUT2D eigenvalue weighted by molar-refractivity contribution is 0.0737. The molecule has 0 unspecified atom stereocenters. The van der Waals surface area contributed by atoms with Crippen LogP contribution >= 0.6 is 22.6 Å². The van der Waals surface area contributed by atoms with Crippen molar-refractivity contribution in [1.82, 2.24) is 10.2 Å². The van der Waals surface area contributed by atoms with Crippen LogP contribution in [0.3, 0.4) is 0 Å². The smallest absolute Gasteiger partial charge is 0.126 e. The predicted molar refractivity (Wildman–Crippen MR) is 54.1 cm³/mol. The molecule has 0 spiro atoms. The molecule has 0 aromatic carbocycles. The summed E-state index contributed by atoms with van der Waals surface area (Å²) in [7, 11) is 0. The summed E-state index contributed by atoms with van der Waals surface area (Å²) in [6.45, 7) is 2.92. The molecule has 0 amide bonds. The Labute approximate surface area is 85.0 Å². The number of H-pyrrole nitrogens is 1. The van der Waals surface area contributed by atoms with Crippen LogP contribution in [0.4, 0.5) is 0 Å². The molecule has 3 nitrogen and oxygen atoms in total. The Hall–Kier alpha value is -0.100. The average molecular weight is 278 g/mol. The molecule has 0 bridgehead atoms. The monoisotopic (exact) mass is 278 g/mol. The fourth-order valence-corrected chi connectivity index (χ4v) is 2.22. The highest BCUT2D eigenvalue weighted by Gasteiger charge is 2.17. The minimum Gasteiger partial charge on any atom is -0.378 e. The van der Waals surface area contributed by atoms with E-state index in [1.165, 1.54) is 11.3 Å². The second-order valence-electron chi connectivity index (χ2n) is 3.11. The van der Waals surface area contributed by atoms with Crippen LogP contribution in [0.1, 0.15) is 18.2 Å². The maximum atomic E-state index is 5.55. The highest BCUT2D eigenvalue weighted by molar-refractivity contribution is 14.1. The van der Waals surface area contributed by atoms with Crippen LogP contribution in [0.15, 0.2) is 0 Å². The summed E-state index contributed by atoms with van der Waals surface area (Å²) in [4.78, 5) is 0. The van der Waals surface area contributed by atoms with Crippen LogP contribution in [-0.2, 0) is 17.6 Å². The zero-order valence-electron chi connectivity index (χ0n) is 6.93. The van der Waals surface area contributed by atoms with E-state index in [4.69, 9.17) is 4.74 Å². The molecular formula is C8H11IN2O. The molecule has 1 aromatic heterocycles. The van der Waals surface area contributed by atoms with E-state index in [1.807, 2.05) is 0 Å². The van der Waals surface area contributed by atoms with Gasteiger partial charge >= 0.3 is 0 Å². The molecule has 1 aliphatic heterocycles. The Balaban J connectivity index is 2.32. The lowest BCUT2D eigenvalue weighted by atomic mass is 10.1. The molecule has 0 fully saturated rings.